The SMILES string of the molecule is C=C/C=C(\C=C)c1cc(-c2nccnc2N)on1. The molecule has 0 aliphatic heterocycles. The molecule has 5 nitrogen and oxygen atoms in total. The number of nitrogens with two attached hydrogens (primary N) is 1. The molecule has 0 radical (unpaired) electrons. The first-order chi connectivity index (χ1) is 8.76. The number of hydrogen-bond acceptors (Lipinski definition) is 5. The third-order valence-electron chi connectivity index (χ3n) is 2.28. The number of nitrogen functional groups attached to an aromatic ring is 1. The summed E-state index contributed by atoms with van der Waals surface area (Å²) < 4.78 is 5.21. The summed E-state index contributed by atoms with van der Waals surface area (Å²) in [5.41, 5.74) is 7.64. The van der Waals surface area contributed by atoms with E-state index >= 15 is 0 Å². The summed E-state index contributed by atoms with van der Waals surface area (Å²) >= 11 is 0. The average molecular weight is 240 g/mol. The lowest BCUT2D eigenvalue weighted by Crippen LogP contribution is -1.94. The van der Waals surface area contributed by atoms with Gasteiger partial charge in [0.1, 0.15) is 5.69 Å². The topological polar surface area (TPSA) is 77.8 Å². The van der Waals surface area contributed by atoms with E-state index in [1.807, 2.05) is 0 Å². The largest absolute Gasteiger partial charge is 0.382 e. The zero-order chi connectivity index (χ0) is 13.0. The van der Waals surface area contributed by atoms with Crippen molar-refractivity contribution in [1.29, 1.82) is 0 Å². The smallest absolute Gasteiger partial charge is 0.189 e. The Balaban J connectivity index is 2.43. The number of hydrogen-bond donors (Lipinski definition) is 1. The van der Waals surface area contributed by atoms with E-state index in [1.165, 1.54) is 6.20 Å². The molecule has 0 aliphatic carbocycles. The minimum atomic E-state index is 0.299. The second-order valence-corrected chi connectivity index (χ2v) is 3.43. The van der Waals surface area contributed by atoms with Crippen LogP contribution in [0.3, 0.4) is 0 Å². The molecule has 0 bridgehead atoms. The second-order valence-electron chi connectivity index (χ2n) is 3.43. The molecule has 2 N–H and O–H groups in total. The number of nitrogens with zero attached hydrogens (tertiary/aromatic N) is 3. The minimum absolute atomic E-state index is 0.299. The zero-order valence-electron chi connectivity index (χ0n) is 9.71. The molecule has 5 heteroatoms. The van der Waals surface area contributed by atoms with Crippen molar-refractivity contribution in [2.75, 3.05) is 5.73 Å². The van der Waals surface area contributed by atoms with Crippen LogP contribution in [0.25, 0.3) is 17.0 Å². The maximum Gasteiger partial charge on any atom is 0.189 e. The van der Waals surface area contributed by atoms with Crippen molar-refractivity contribution in [1.82, 2.24) is 15.1 Å². The van der Waals surface area contributed by atoms with Crippen LogP contribution in [0, 0.1) is 0 Å². The van der Waals surface area contributed by atoms with Gasteiger partial charge in [0, 0.05) is 24.0 Å². The standard InChI is InChI=1S/C13H12N4O/c1-3-5-9(4-2)10-8-11(18-17-10)12-13(14)16-7-6-15-12/h3-8H,1-2H2,(H2,14,16)/b9-5+. The van der Waals surface area contributed by atoms with Crippen LogP contribution >= 0.6 is 0 Å². The molecule has 2 aromatic heterocycles. The summed E-state index contributed by atoms with van der Waals surface area (Å²) in [7, 11) is 0. The molecular weight excluding hydrogens is 228 g/mol. The number of anilines is 1. The van der Waals surface area contributed by atoms with Gasteiger partial charge in [0.15, 0.2) is 17.3 Å². The van der Waals surface area contributed by atoms with Gasteiger partial charge in [-0.25, -0.2) is 9.97 Å². The van der Waals surface area contributed by atoms with Gasteiger partial charge in [-0.15, -0.1) is 0 Å². The molecule has 0 spiro atoms. The van der Waals surface area contributed by atoms with Crippen LogP contribution in [0.5, 0.6) is 0 Å². The quantitative estimate of drug-likeness (QED) is 0.830. The van der Waals surface area contributed by atoms with Gasteiger partial charge in [0.25, 0.3) is 0 Å². The van der Waals surface area contributed by atoms with Crippen molar-refractivity contribution in [2.45, 2.75) is 0 Å². The number of aromatic nitrogens is 3. The normalized spacial score (nSPS) is 11.2. The third-order valence-corrected chi connectivity index (χ3v) is 2.28. The van der Waals surface area contributed by atoms with E-state index in [0.29, 0.717) is 23.0 Å². The fraction of sp³-hybridized carbons (Fsp3) is 0. The highest BCUT2D eigenvalue weighted by molar-refractivity contribution is 5.75. The molecule has 0 unspecified atom stereocenters. The molecule has 0 atom stereocenters. The van der Waals surface area contributed by atoms with E-state index in [1.54, 1.807) is 30.5 Å². The van der Waals surface area contributed by atoms with Crippen LogP contribution < -0.4 is 5.73 Å². The lowest BCUT2D eigenvalue weighted by Gasteiger charge is -1.96. The van der Waals surface area contributed by atoms with Gasteiger partial charge in [-0.05, 0) is 0 Å². The second kappa shape index (κ2) is 5.09. The highest BCUT2D eigenvalue weighted by atomic mass is 16.5. The molecule has 0 saturated carbocycles. The molecule has 2 heterocycles. The van der Waals surface area contributed by atoms with E-state index in [9.17, 15) is 0 Å². The van der Waals surface area contributed by atoms with E-state index in [0.717, 1.165) is 5.57 Å². The highest BCUT2D eigenvalue weighted by Gasteiger charge is 2.12. The first-order valence-corrected chi connectivity index (χ1v) is 5.25. The lowest BCUT2D eigenvalue weighted by molar-refractivity contribution is 0.429. The monoisotopic (exact) mass is 240 g/mol. The van der Waals surface area contributed by atoms with E-state index in [2.05, 4.69) is 28.3 Å². The van der Waals surface area contributed by atoms with Crippen molar-refractivity contribution < 1.29 is 4.52 Å². The minimum Gasteiger partial charge on any atom is -0.382 e. The van der Waals surface area contributed by atoms with Crippen LogP contribution in [0.1, 0.15) is 5.69 Å². The maximum atomic E-state index is 5.72. The number of rotatable bonds is 4. The Labute approximate surface area is 104 Å². The summed E-state index contributed by atoms with van der Waals surface area (Å²) in [4.78, 5) is 8.05. The molecule has 0 aliphatic rings. The fourth-order valence-electron chi connectivity index (χ4n) is 1.45. The Kier molecular flexibility index (Phi) is 3.33. The van der Waals surface area contributed by atoms with Gasteiger partial charge in [0.05, 0.1) is 0 Å². The number of allylic oxidation sites excluding steroid dienone is 4. The predicted molar refractivity (Wildman–Crippen MR) is 70.3 cm³/mol. The fourth-order valence-corrected chi connectivity index (χ4v) is 1.45. The predicted octanol–water partition coefficient (Wildman–Crippen LogP) is 2.47. The highest BCUT2D eigenvalue weighted by Crippen LogP contribution is 2.25. The molecule has 0 saturated heterocycles. The van der Waals surface area contributed by atoms with Gasteiger partial charge in [-0.1, -0.05) is 36.5 Å². The Morgan fingerprint density at radius 3 is 2.72 bits per heavy atom. The van der Waals surface area contributed by atoms with Crippen LogP contribution in [0.2, 0.25) is 0 Å². The van der Waals surface area contributed by atoms with Gasteiger partial charge in [-0.3, -0.25) is 0 Å². The van der Waals surface area contributed by atoms with Crippen molar-refractivity contribution in [2.24, 2.45) is 0 Å². The molecule has 0 amide bonds. The molecule has 0 fully saturated rings. The van der Waals surface area contributed by atoms with Crippen molar-refractivity contribution in [3.63, 3.8) is 0 Å². The van der Waals surface area contributed by atoms with Gasteiger partial charge < -0.3 is 10.3 Å². The summed E-state index contributed by atoms with van der Waals surface area (Å²) in [6.45, 7) is 7.33. The van der Waals surface area contributed by atoms with Crippen LogP contribution in [0.15, 0.2) is 54.4 Å². The lowest BCUT2D eigenvalue weighted by atomic mass is 10.1. The zero-order valence-corrected chi connectivity index (χ0v) is 9.71. The Morgan fingerprint density at radius 2 is 2.06 bits per heavy atom. The molecule has 90 valence electrons. The van der Waals surface area contributed by atoms with Crippen molar-refractivity contribution in [3.8, 4) is 11.5 Å². The van der Waals surface area contributed by atoms with Crippen LogP contribution in [-0.4, -0.2) is 15.1 Å². The first kappa shape index (κ1) is 11.8. The summed E-state index contributed by atoms with van der Waals surface area (Å²) in [6.07, 6.45) is 8.17. The molecule has 0 aromatic carbocycles. The van der Waals surface area contributed by atoms with Gasteiger partial charge >= 0.3 is 0 Å². The van der Waals surface area contributed by atoms with Crippen LogP contribution in [0.4, 0.5) is 5.82 Å². The molecular formula is C13H12N4O. The van der Waals surface area contributed by atoms with E-state index in [4.69, 9.17) is 10.3 Å². The van der Waals surface area contributed by atoms with Crippen LogP contribution in [-0.2, 0) is 0 Å². The summed E-state index contributed by atoms with van der Waals surface area (Å²) in [5, 5.41) is 3.94. The summed E-state index contributed by atoms with van der Waals surface area (Å²) in [5.74, 6) is 0.764. The Morgan fingerprint density at radius 1 is 1.28 bits per heavy atom. The average Bonchev–Trinajstić information content (AvgIpc) is 2.85. The van der Waals surface area contributed by atoms with Crippen molar-refractivity contribution in [3.05, 3.63) is 55.5 Å². The molecule has 18 heavy (non-hydrogen) atoms. The summed E-state index contributed by atoms with van der Waals surface area (Å²) in [6, 6.07) is 1.73. The maximum absolute atomic E-state index is 5.72. The Hall–Kier alpha value is -2.69. The van der Waals surface area contributed by atoms with E-state index in [-0.39, 0.29) is 0 Å². The van der Waals surface area contributed by atoms with Gasteiger partial charge in [-0.2, -0.15) is 0 Å². The third kappa shape index (κ3) is 2.20. The Bertz CT molecular complexity index is 613. The van der Waals surface area contributed by atoms with E-state index < -0.39 is 0 Å². The molecule has 2 aromatic rings. The van der Waals surface area contributed by atoms with Crippen molar-refractivity contribution >= 4 is 11.4 Å². The van der Waals surface area contributed by atoms with Gasteiger partial charge in [0.2, 0.25) is 0 Å². The molecule has 2 rings (SSSR count). The first-order valence-electron chi connectivity index (χ1n) is 5.25.